The largest absolute Gasteiger partial charge is 0.496 e. The van der Waals surface area contributed by atoms with E-state index in [2.05, 4.69) is 13.8 Å². The minimum absolute atomic E-state index is 0.0434. The molecule has 40 heavy (non-hydrogen) atoms. The molecule has 0 aliphatic rings. The zero-order chi connectivity index (χ0) is 30.3. The van der Waals surface area contributed by atoms with Crippen LogP contribution in [0.5, 0.6) is 17.2 Å². The molecule has 0 aliphatic carbocycles. The van der Waals surface area contributed by atoms with E-state index in [1.54, 1.807) is 79.0 Å². The fourth-order valence-electron chi connectivity index (χ4n) is 3.86. The zero-order valence-corrected chi connectivity index (χ0v) is 25.7. The number of esters is 2. The highest BCUT2D eigenvalue weighted by Crippen LogP contribution is 2.40. The number of benzene rings is 2. The van der Waals surface area contributed by atoms with Gasteiger partial charge in [-0.15, -0.1) is 0 Å². The van der Waals surface area contributed by atoms with Crippen molar-refractivity contribution in [2.45, 2.75) is 81.1 Å². The first-order chi connectivity index (χ1) is 18.7. The van der Waals surface area contributed by atoms with Crippen LogP contribution < -0.4 is 14.2 Å². The summed E-state index contributed by atoms with van der Waals surface area (Å²) in [5.74, 6) is 0.134. The molecule has 0 aliphatic heterocycles. The number of aryl methyl sites for hydroxylation is 2. The van der Waals surface area contributed by atoms with E-state index in [-0.39, 0.29) is 17.5 Å². The molecule has 0 amide bonds. The van der Waals surface area contributed by atoms with E-state index in [1.807, 2.05) is 6.07 Å². The Morgan fingerprint density at radius 3 is 1.70 bits per heavy atom. The highest BCUT2D eigenvalue weighted by atomic mass is 16.5. The molecule has 7 nitrogen and oxygen atoms in total. The van der Waals surface area contributed by atoms with Crippen LogP contribution in [0.1, 0.15) is 95.3 Å². The van der Waals surface area contributed by atoms with Gasteiger partial charge in [0.15, 0.2) is 5.76 Å². The number of allylic oxidation sites excluding steroid dienone is 1. The van der Waals surface area contributed by atoms with Gasteiger partial charge in [0.05, 0.1) is 30.6 Å². The molecule has 7 heteroatoms. The summed E-state index contributed by atoms with van der Waals surface area (Å²) in [6, 6.07) is 8.33. The summed E-state index contributed by atoms with van der Waals surface area (Å²) >= 11 is 0. The Kier molecular flexibility index (Phi) is 11.1. The molecule has 0 fully saturated rings. The van der Waals surface area contributed by atoms with Gasteiger partial charge in [0, 0.05) is 5.56 Å². The third kappa shape index (κ3) is 8.20. The van der Waals surface area contributed by atoms with E-state index in [9.17, 15) is 14.4 Å². The SMILES string of the molecule is CCCc1cc(CCC)c(OC(=O)C(C)(C)C)c(C=C(OC)C(=O)c2ccc(OC(=O)C(C)(C)C)cc2)c1OC. The van der Waals surface area contributed by atoms with Crippen LogP contribution in [0, 0.1) is 10.8 Å². The van der Waals surface area contributed by atoms with Crippen molar-refractivity contribution in [2.75, 3.05) is 14.2 Å². The third-order valence-electron chi connectivity index (χ3n) is 6.13. The van der Waals surface area contributed by atoms with Crippen molar-refractivity contribution in [3.05, 3.63) is 58.3 Å². The molecule has 0 spiro atoms. The highest BCUT2D eigenvalue weighted by Gasteiger charge is 2.29. The minimum Gasteiger partial charge on any atom is -0.496 e. The van der Waals surface area contributed by atoms with Gasteiger partial charge < -0.3 is 18.9 Å². The molecule has 218 valence electrons. The van der Waals surface area contributed by atoms with Gasteiger partial charge in [-0.25, -0.2) is 0 Å². The molecule has 0 atom stereocenters. The lowest BCUT2D eigenvalue weighted by atomic mass is 9.94. The average molecular weight is 553 g/mol. The van der Waals surface area contributed by atoms with Gasteiger partial charge in [-0.1, -0.05) is 26.7 Å². The Hall–Kier alpha value is -3.61. The number of methoxy groups -OCH3 is 2. The number of hydrogen-bond acceptors (Lipinski definition) is 7. The Morgan fingerprint density at radius 1 is 0.750 bits per heavy atom. The first kappa shape index (κ1) is 32.6. The molecule has 0 saturated carbocycles. The second-order valence-electron chi connectivity index (χ2n) is 11.8. The van der Waals surface area contributed by atoms with Crippen LogP contribution in [-0.4, -0.2) is 31.9 Å². The van der Waals surface area contributed by atoms with Crippen LogP contribution in [0.3, 0.4) is 0 Å². The van der Waals surface area contributed by atoms with Gasteiger partial charge in [-0.2, -0.15) is 0 Å². The van der Waals surface area contributed by atoms with Crippen molar-refractivity contribution >= 4 is 23.8 Å². The summed E-state index contributed by atoms with van der Waals surface area (Å²) in [4.78, 5) is 38.8. The highest BCUT2D eigenvalue weighted by molar-refractivity contribution is 6.10. The van der Waals surface area contributed by atoms with E-state index >= 15 is 0 Å². The van der Waals surface area contributed by atoms with Crippen LogP contribution in [0.4, 0.5) is 0 Å². The number of Topliss-reactive ketones (excluding diaryl/α,β-unsaturated/α-hetero) is 1. The summed E-state index contributed by atoms with van der Waals surface area (Å²) < 4.78 is 22.8. The number of ether oxygens (including phenoxy) is 4. The van der Waals surface area contributed by atoms with Crippen molar-refractivity contribution in [1.29, 1.82) is 0 Å². The van der Waals surface area contributed by atoms with Crippen LogP contribution >= 0.6 is 0 Å². The van der Waals surface area contributed by atoms with E-state index in [4.69, 9.17) is 18.9 Å². The molecule has 0 saturated heterocycles. The molecule has 0 N–H and O–H groups in total. The maximum absolute atomic E-state index is 13.5. The van der Waals surface area contributed by atoms with Gasteiger partial charge in [-0.05, 0) is 102 Å². The maximum Gasteiger partial charge on any atom is 0.316 e. The van der Waals surface area contributed by atoms with Crippen molar-refractivity contribution < 1.29 is 33.3 Å². The number of carbonyl (C=O) groups excluding carboxylic acids is 3. The monoisotopic (exact) mass is 552 g/mol. The van der Waals surface area contributed by atoms with E-state index < -0.39 is 16.8 Å². The van der Waals surface area contributed by atoms with E-state index in [0.29, 0.717) is 34.8 Å². The molecule has 0 unspecified atom stereocenters. The smallest absolute Gasteiger partial charge is 0.316 e. The normalized spacial score (nSPS) is 12.1. The second-order valence-corrected chi connectivity index (χ2v) is 11.8. The molecular weight excluding hydrogens is 508 g/mol. The Labute approximate surface area is 238 Å². The predicted octanol–water partition coefficient (Wildman–Crippen LogP) is 7.37. The number of hydrogen-bond donors (Lipinski definition) is 0. The van der Waals surface area contributed by atoms with E-state index in [1.165, 1.54) is 7.11 Å². The predicted molar refractivity (Wildman–Crippen MR) is 157 cm³/mol. The molecule has 2 rings (SSSR count). The molecule has 0 heterocycles. The number of ketones is 1. The molecular formula is C33H44O7. The summed E-state index contributed by atoms with van der Waals surface area (Å²) in [6.07, 6.45) is 4.73. The molecule has 0 bridgehead atoms. The first-order valence-corrected chi connectivity index (χ1v) is 13.8. The van der Waals surface area contributed by atoms with Gasteiger partial charge in [0.2, 0.25) is 5.78 Å². The van der Waals surface area contributed by atoms with Crippen LogP contribution in [0.15, 0.2) is 36.1 Å². The van der Waals surface area contributed by atoms with Gasteiger partial charge in [0.25, 0.3) is 0 Å². The van der Waals surface area contributed by atoms with Gasteiger partial charge in [-0.3, -0.25) is 14.4 Å². The fraction of sp³-hybridized carbons (Fsp3) is 0.485. The fourth-order valence-corrected chi connectivity index (χ4v) is 3.86. The van der Waals surface area contributed by atoms with Crippen LogP contribution in [0.25, 0.3) is 6.08 Å². The second kappa shape index (κ2) is 13.6. The van der Waals surface area contributed by atoms with Gasteiger partial charge in [0.1, 0.15) is 17.2 Å². The number of carbonyl (C=O) groups is 3. The Morgan fingerprint density at radius 2 is 1.25 bits per heavy atom. The summed E-state index contributed by atoms with van der Waals surface area (Å²) in [5, 5.41) is 0. The van der Waals surface area contributed by atoms with Crippen molar-refractivity contribution in [1.82, 2.24) is 0 Å². The molecule has 0 aromatic heterocycles. The first-order valence-electron chi connectivity index (χ1n) is 13.8. The van der Waals surface area contributed by atoms with E-state index in [0.717, 1.165) is 30.4 Å². The molecule has 0 radical (unpaired) electrons. The lowest BCUT2D eigenvalue weighted by molar-refractivity contribution is -0.143. The Balaban J connectivity index is 2.66. The van der Waals surface area contributed by atoms with Crippen molar-refractivity contribution in [2.24, 2.45) is 10.8 Å². The quantitative estimate of drug-likeness (QED) is 0.0945. The summed E-state index contributed by atoms with van der Waals surface area (Å²) in [6.45, 7) is 14.8. The summed E-state index contributed by atoms with van der Waals surface area (Å²) in [5.41, 5.74) is 1.26. The lowest BCUT2D eigenvalue weighted by Gasteiger charge is -2.23. The molecule has 2 aromatic carbocycles. The topological polar surface area (TPSA) is 88.1 Å². The summed E-state index contributed by atoms with van der Waals surface area (Å²) in [7, 11) is 2.98. The third-order valence-corrected chi connectivity index (χ3v) is 6.13. The van der Waals surface area contributed by atoms with Crippen LogP contribution in [-0.2, 0) is 27.2 Å². The van der Waals surface area contributed by atoms with Crippen molar-refractivity contribution in [3.63, 3.8) is 0 Å². The van der Waals surface area contributed by atoms with Crippen LogP contribution in [0.2, 0.25) is 0 Å². The van der Waals surface area contributed by atoms with Crippen molar-refractivity contribution in [3.8, 4) is 17.2 Å². The molecule has 2 aromatic rings. The Bertz CT molecular complexity index is 1240. The minimum atomic E-state index is -0.738. The average Bonchev–Trinajstić information content (AvgIpc) is 2.88. The maximum atomic E-state index is 13.5. The standard InChI is InChI=1S/C33H44O7/c1-11-13-22-19-23(14-12-2)29(40-31(36)33(6,7)8)25(28(22)38-10)20-26(37-9)27(34)21-15-17-24(18-16-21)39-30(35)32(3,4)5/h15-20H,11-14H2,1-10H3. The van der Waals surface area contributed by atoms with Gasteiger partial charge >= 0.3 is 11.9 Å². The zero-order valence-electron chi connectivity index (χ0n) is 25.7. The lowest BCUT2D eigenvalue weighted by Crippen LogP contribution is -2.26. The number of rotatable bonds is 11.